The molecule has 8 heteroatoms. The van der Waals surface area contributed by atoms with Crippen LogP contribution in [0.25, 0.3) is 0 Å². The molecule has 3 saturated heterocycles. The fourth-order valence-electron chi connectivity index (χ4n) is 8.32. The quantitative estimate of drug-likeness (QED) is 0.171. The second-order valence-electron chi connectivity index (χ2n) is 15.3. The van der Waals surface area contributed by atoms with E-state index in [9.17, 15) is 19.5 Å². The van der Waals surface area contributed by atoms with Crippen molar-refractivity contribution in [2.75, 3.05) is 19.8 Å². The molecular weight excluding hydrogens is 532 g/mol. The lowest BCUT2D eigenvalue weighted by molar-refractivity contribution is -0.165. The third-order valence-electron chi connectivity index (χ3n) is 9.66. The van der Waals surface area contributed by atoms with Gasteiger partial charge in [-0.3, -0.25) is 14.4 Å². The van der Waals surface area contributed by atoms with E-state index < -0.39 is 46.6 Å². The minimum absolute atomic E-state index is 0.0643. The van der Waals surface area contributed by atoms with Crippen LogP contribution in [-0.2, 0) is 23.9 Å². The molecule has 3 unspecified atom stereocenters. The zero-order chi connectivity index (χ0) is 31.8. The number of allylic oxidation sites excluding steroid dienone is 1. The number of likely N-dealkylation sites (tertiary alicyclic amines) is 1. The van der Waals surface area contributed by atoms with Crippen LogP contribution in [0.4, 0.5) is 0 Å². The van der Waals surface area contributed by atoms with Crippen molar-refractivity contribution in [3.05, 3.63) is 25.3 Å². The average molecular weight is 589 g/mol. The molecular formula is C34H56N2O6. The lowest BCUT2D eigenvalue weighted by Gasteiger charge is -2.46. The zero-order valence-corrected chi connectivity index (χ0v) is 27.6. The van der Waals surface area contributed by atoms with Crippen molar-refractivity contribution < 1.29 is 29.0 Å². The van der Waals surface area contributed by atoms with Crippen molar-refractivity contribution in [3.63, 3.8) is 0 Å². The lowest BCUT2D eigenvalue weighted by atomic mass is 9.62. The van der Waals surface area contributed by atoms with Crippen molar-refractivity contribution >= 4 is 17.8 Å². The molecule has 1 spiro atoms. The molecule has 0 aromatic heterocycles. The highest BCUT2D eigenvalue weighted by Gasteiger charge is 2.81. The van der Waals surface area contributed by atoms with Crippen LogP contribution in [-0.4, -0.2) is 81.3 Å². The Kier molecular flexibility index (Phi) is 10.2. The Labute approximate surface area is 253 Å². The molecule has 0 saturated carbocycles. The third-order valence-corrected chi connectivity index (χ3v) is 9.66. The Morgan fingerprint density at radius 3 is 2.38 bits per heavy atom. The molecule has 42 heavy (non-hydrogen) atoms. The number of fused-ring (bicyclic) bond motifs is 1. The normalized spacial score (nSPS) is 31.3. The molecule has 2 bridgehead atoms. The highest BCUT2D eigenvalue weighted by atomic mass is 16.6. The first-order valence-corrected chi connectivity index (χ1v) is 15.7. The maximum atomic E-state index is 15.0. The molecule has 0 aromatic rings. The second kappa shape index (κ2) is 12.4. The Morgan fingerprint density at radius 1 is 1.21 bits per heavy atom. The van der Waals surface area contributed by atoms with E-state index in [1.54, 1.807) is 17.1 Å². The van der Waals surface area contributed by atoms with E-state index >= 15 is 0 Å². The third kappa shape index (κ3) is 6.08. The summed E-state index contributed by atoms with van der Waals surface area (Å²) in [5.74, 6) is -2.60. The van der Waals surface area contributed by atoms with E-state index in [1.165, 1.54) is 0 Å². The molecule has 2 amide bonds. The van der Waals surface area contributed by atoms with Gasteiger partial charge in [0.2, 0.25) is 11.8 Å². The van der Waals surface area contributed by atoms with Crippen LogP contribution in [0.5, 0.6) is 0 Å². The van der Waals surface area contributed by atoms with Crippen molar-refractivity contribution in [1.29, 1.82) is 0 Å². The number of aliphatic hydroxyl groups excluding tert-OH is 1. The number of esters is 1. The first kappa shape index (κ1) is 34.3. The summed E-state index contributed by atoms with van der Waals surface area (Å²) in [7, 11) is 0. The van der Waals surface area contributed by atoms with Gasteiger partial charge in [-0.25, -0.2) is 0 Å². The number of unbranched alkanes of at least 4 members (excludes halogenated alkanes) is 1. The summed E-state index contributed by atoms with van der Waals surface area (Å²) in [4.78, 5) is 46.7. The second-order valence-corrected chi connectivity index (χ2v) is 15.3. The molecule has 0 aliphatic carbocycles. The minimum Gasteiger partial charge on any atom is -0.465 e. The molecule has 1 N–H and O–H groups in total. The van der Waals surface area contributed by atoms with Gasteiger partial charge in [0.05, 0.1) is 30.8 Å². The zero-order valence-electron chi connectivity index (χ0n) is 27.6. The minimum atomic E-state index is -1.20. The highest BCUT2D eigenvalue weighted by molar-refractivity contribution is 5.99. The first-order valence-electron chi connectivity index (χ1n) is 15.7. The summed E-state index contributed by atoms with van der Waals surface area (Å²) in [5, 5.41) is 10.6. The number of carbonyl (C=O) groups excluding carboxylic acids is 3. The van der Waals surface area contributed by atoms with Crippen molar-refractivity contribution in [1.82, 2.24) is 9.80 Å². The van der Waals surface area contributed by atoms with Gasteiger partial charge < -0.3 is 24.4 Å². The van der Waals surface area contributed by atoms with Crippen LogP contribution < -0.4 is 0 Å². The summed E-state index contributed by atoms with van der Waals surface area (Å²) in [6.07, 6.45) is 6.57. The first-order chi connectivity index (χ1) is 19.4. The molecule has 0 radical (unpaired) electrons. The SMILES string of the molecule is C=CCCCOC(=O)[C@H]1[C@H]2C(=O)N([C@@H](CO)CC(C)C)C(C(=O)N(CC=C)C(C)(C)CC(C)(C)C)C23CC(C)[C@]1(C)O3. The van der Waals surface area contributed by atoms with E-state index in [-0.39, 0.29) is 42.3 Å². The monoisotopic (exact) mass is 588 g/mol. The van der Waals surface area contributed by atoms with Gasteiger partial charge in [0.15, 0.2) is 0 Å². The van der Waals surface area contributed by atoms with Crippen molar-refractivity contribution in [3.8, 4) is 0 Å². The number of hydrogen-bond donors (Lipinski definition) is 1. The molecule has 3 aliphatic rings. The van der Waals surface area contributed by atoms with Crippen molar-refractivity contribution in [2.24, 2.45) is 29.1 Å². The number of ether oxygens (including phenoxy) is 2. The summed E-state index contributed by atoms with van der Waals surface area (Å²) in [6, 6.07) is -1.56. The van der Waals surface area contributed by atoms with Gasteiger partial charge in [0.1, 0.15) is 17.6 Å². The fraction of sp³-hybridized carbons (Fsp3) is 0.794. The number of nitrogens with zero attached hydrogens (tertiary/aromatic N) is 2. The summed E-state index contributed by atoms with van der Waals surface area (Å²) in [6.45, 7) is 26.4. The molecule has 7 atom stereocenters. The Morgan fingerprint density at radius 2 is 1.86 bits per heavy atom. The number of aliphatic hydroxyl groups is 1. The van der Waals surface area contributed by atoms with Crippen LogP contribution in [0, 0.1) is 29.1 Å². The van der Waals surface area contributed by atoms with Crippen LogP contribution in [0.2, 0.25) is 0 Å². The molecule has 3 aliphatic heterocycles. The van der Waals surface area contributed by atoms with Gasteiger partial charge in [-0.2, -0.15) is 0 Å². The van der Waals surface area contributed by atoms with Crippen LogP contribution in [0.3, 0.4) is 0 Å². The van der Waals surface area contributed by atoms with Crippen LogP contribution >= 0.6 is 0 Å². The molecule has 3 fully saturated rings. The fourth-order valence-corrected chi connectivity index (χ4v) is 8.32. The van der Waals surface area contributed by atoms with Crippen LogP contribution in [0.15, 0.2) is 25.3 Å². The van der Waals surface area contributed by atoms with E-state index in [0.29, 0.717) is 25.8 Å². The average Bonchev–Trinajstić information content (AvgIpc) is 3.38. The molecule has 3 heterocycles. The topological polar surface area (TPSA) is 96.4 Å². The number of amides is 2. The Bertz CT molecular complexity index is 1050. The van der Waals surface area contributed by atoms with Crippen LogP contribution in [0.1, 0.15) is 94.4 Å². The Balaban J connectivity index is 2.16. The van der Waals surface area contributed by atoms with E-state index in [2.05, 4.69) is 33.9 Å². The maximum Gasteiger partial charge on any atom is 0.312 e. The van der Waals surface area contributed by atoms with Gasteiger partial charge in [-0.05, 0) is 70.1 Å². The highest BCUT2D eigenvalue weighted by Crippen LogP contribution is 2.66. The van der Waals surface area contributed by atoms with E-state index in [0.717, 1.165) is 12.8 Å². The summed E-state index contributed by atoms with van der Waals surface area (Å²) >= 11 is 0. The van der Waals surface area contributed by atoms with Gasteiger partial charge in [0, 0.05) is 12.1 Å². The predicted octanol–water partition coefficient (Wildman–Crippen LogP) is 5.14. The molecule has 238 valence electrons. The van der Waals surface area contributed by atoms with Gasteiger partial charge in [-0.15, -0.1) is 13.2 Å². The van der Waals surface area contributed by atoms with Gasteiger partial charge in [0.25, 0.3) is 0 Å². The van der Waals surface area contributed by atoms with Gasteiger partial charge in [-0.1, -0.05) is 53.7 Å². The lowest BCUT2D eigenvalue weighted by Crippen LogP contribution is -2.62. The largest absolute Gasteiger partial charge is 0.465 e. The Hall–Kier alpha value is -2.19. The van der Waals surface area contributed by atoms with Gasteiger partial charge >= 0.3 is 5.97 Å². The maximum absolute atomic E-state index is 15.0. The molecule has 8 nitrogen and oxygen atoms in total. The van der Waals surface area contributed by atoms with Crippen molar-refractivity contribution in [2.45, 2.75) is 123 Å². The standard InChI is InChI=1S/C34H56N2O6/c1-12-14-15-17-41-30(40)26-25-28(38)36(24(20-37)18-22(3)4)27(34(25)19-23(5)33(26,11)42-34)29(39)35(16-13-2)32(9,10)21-31(6,7)8/h12-13,22-27,37H,1-2,14-21H2,3-11H3/t23?,24-,25+,26-,27?,33+,34?/m1/s1. The van der Waals surface area contributed by atoms with E-state index in [4.69, 9.17) is 9.47 Å². The molecule has 0 aromatic carbocycles. The molecule has 3 rings (SSSR count). The summed E-state index contributed by atoms with van der Waals surface area (Å²) < 4.78 is 12.6. The smallest absolute Gasteiger partial charge is 0.312 e. The number of carbonyl (C=O) groups is 3. The predicted molar refractivity (Wildman–Crippen MR) is 164 cm³/mol. The van der Waals surface area contributed by atoms with E-state index in [1.807, 2.05) is 46.4 Å². The summed E-state index contributed by atoms with van der Waals surface area (Å²) in [5.41, 5.74) is -2.77. The number of hydrogen-bond acceptors (Lipinski definition) is 6. The number of rotatable bonds is 14.